The van der Waals surface area contributed by atoms with Gasteiger partial charge in [0.2, 0.25) is 0 Å². The average molecular weight is 531 g/mol. The molecule has 0 radical (unpaired) electrons. The number of fused-ring (bicyclic) bond motifs is 2. The number of hydrogen-bond acceptors (Lipinski definition) is 10. The van der Waals surface area contributed by atoms with Gasteiger partial charge in [-0.25, -0.2) is 19.2 Å². The number of cyclic esters (lactones) is 1. The maximum Gasteiger partial charge on any atom is 0.417 e. The number of aromatic nitrogens is 3. The smallest absolute Gasteiger partial charge is 0.417 e. The minimum atomic E-state index is -0.928. The van der Waals surface area contributed by atoms with Crippen LogP contribution in [-0.4, -0.2) is 70.6 Å². The van der Waals surface area contributed by atoms with Crippen molar-refractivity contribution in [3.63, 3.8) is 0 Å². The van der Waals surface area contributed by atoms with Crippen molar-refractivity contribution in [3.8, 4) is 11.6 Å². The molecule has 37 heavy (non-hydrogen) atoms. The molecular weight excluding hydrogens is 507 g/mol. The van der Waals surface area contributed by atoms with Crippen LogP contribution in [0.1, 0.15) is 0 Å². The fourth-order valence-corrected chi connectivity index (χ4v) is 4.71. The van der Waals surface area contributed by atoms with Gasteiger partial charge in [0.15, 0.2) is 34.7 Å². The number of amides is 2. The molecular formula is C23H23FN6O6S. The monoisotopic (exact) mass is 530 g/mol. The van der Waals surface area contributed by atoms with Gasteiger partial charge in [0, 0.05) is 31.6 Å². The molecule has 2 aromatic heterocycles. The van der Waals surface area contributed by atoms with E-state index in [1.807, 2.05) is 6.26 Å². The molecule has 0 bridgehead atoms. The fourth-order valence-electron chi connectivity index (χ4n) is 4.05. The Bertz CT molecular complexity index is 1450. The first-order valence-corrected chi connectivity index (χ1v) is 12.5. The van der Waals surface area contributed by atoms with Gasteiger partial charge < -0.3 is 29.4 Å². The third-order valence-electron chi connectivity index (χ3n) is 5.97. The quantitative estimate of drug-likeness (QED) is 0.412. The van der Waals surface area contributed by atoms with E-state index in [9.17, 15) is 18.8 Å². The van der Waals surface area contributed by atoms with Crippen molar-refractivity contribution in [2.24, 2.45) is 7.05 Å². The van der Waals surface area contributed by atoms with E-state index in [1.54, 1.807) is 19.2 Å². The number of nitrogens with zero attached hydrogens (tertiary/aromatic N) is 4. The number of pyridine rings is 1. The second-order valence-corrected chi connectivity index (χ2v) is 9.51. The lowest BCUT2D eigenvalue weighted by molar-refractivity contribution is -0.118. The molecule has 0 spiro atoms. The van der Waals surface area contributed by atoms with Crippen molar-refractivity contribution >= 4 is 46.3 Å². The molecule has 2 amide bonds. The molecule has 194 valence electrons. The van der Waals surface area contributed by atoms with Crippen LogP contribution in [-0.2, 0) is 16.6 Å². The third-order valence-corrected chi connectivity index (χ3v) is 7.07. The zero-order valence-electron chi connectivity index (χ0n) is 19.9. The van der Waals surface area contributed by atoms with E-state index in [0.717, 1.165) is 0 Å². The molecule has 0 saturated carbocycles. The molecule has 5 rings (SSSR count). The van der Waals surface area contributed by atoms with Crippen molar-refractivity contribution < 1.29 is 28.2 Å². The van der Waals surface area contributed by atoms with E-state index in [0.29, 0.717) is 17.4 Å². The summed E-state index contributed by atoms with van der Waals surface area (Å²) in [7, 11) is 1.56. The number of halogens is 1. The normalized spacial score (nSPS) is 18.8. The summed E-state index contributed by atoms with van der Waals surface area (Å²) < 4.78 is 32.4. The standard InChI is InChI=1S/C23H23FN6O6S/c1-29-17(32)6-4-13-3-5-14(24)19(18(13)29)34-8-7-25-11-23(37-2)12-30(22(33)36-23)15-9-26-21-20(27-15)28-16(31)10-35-21/h3-6,9,25H,7-8,10-12H2,1-2H3,(H,27,28,31)/t23-/m1/s1. The summed E-state index contributed by atoms with van der Waals surface area (Å²) >= 11 is 1.34. The first-order valence-electron chi connectivity index (χ1n) is 11.3. The highest BCUT2D eigenvalue weighted by atomic mass is 32.2. The Balaban J connectivity index is 1.22. The van der Waals surface area contributed by atoms with Crippen LogP contribution in [0.3, 0.4) is 0 Å². The van der Waals surface area contributed by atoms with Crippen molar-refractivity contribution in [1.29, 1.82) is 0 Å². The summed E-state index contributed by atoms with van der Waals surface area (Å²) in [5.41, 5.74) is 0.107. The summed E-state index contributed by atoms with van der Waals surface area (Å²) in [6.45, 7) is 0.719. The third kappa shape index (κ3) is 4.76. The number of thioether (sulfide) groups is 1. The predicted octanol–water partition coefficient (Wildman–Crippen LogP) is 1.48. The number of carbonyl (C=O) groups excluding carboxylic acids is 2. The Morgan fingerprint density at radius 3 is 2.89 bits per heavy atom. The van der Waals surface area contributed by atoms with Gasteiger partial charge in [-0.2, -0.15) is 0 Å². The van der Waals surface area contributed by atoms with Gasteiger partial charge in [-0.05, 0) is 24.5 Å². The highest BCUT2D eigenvalue weighted by Crippen LogP contribution is 2.35. The topological polar surface area (TPSA) is 137 Å². The van der Waals surface area contributed by atoms with Crippen molar-refractivity contribution in [2.45, 2.75) is 4.93 Å². The number of aryl methyl sites for hydroxylation is 1. The molecule has 3 aromatic rings. The van der Waals surface area contributed by atoms with Gasteiger partial charge in [-0.15, -0.1) is 11.8 Å². The Labute approximate surface area is 214 Å². The minimum absolute atomic E-state index is 0.000367. The number of carbonyl (C=O) groups is 2. The van der Waals surface area contributed by atoms with Crippen LogP contribution in [0, 0.1) is 5.82 Å². The number of rotatable bonds is 8. The lowest BCUT2D eigenvalue weighted by Crippen LogP contribution is -2.42. The maximum atomic E-state index is 14.5. The molecule has 1 fully saturated rings. The summed E-state index contributed by atoms with van der Waals surface area (Å²) in [6, 6.07) is 5.93. The van der Waals surface area contributed by atoms with Gasteiger partial charge in [0.1, 0.15) is 6.61 Å². The van der Waals surface area contributed by atoms with E-state index < -0.39 is 16.8 Å². The van der Waals surface area contributed by atoms with Crippen LogP contribution < -0.4 is 30.6 Å². The fraction of sp³-hybridized carbons (Fsp3) is 0.348. The molecule has 0 unspecified atom stereocenters. The Morgan fingerprint density at radius 2 is 2.08 bits per heavy atom. The van der Waals surface area contributed by atoms with Crippen LogP contribution in [0.2, 0.25) is 0 Å². The molecule has 12 nitrogen and oxygen atoms in total. The zero-order valence-corrected chi connectivity index (χ0v) is 20.8. The molecule has 1 aromatic carbocycles. The van der Waals surface area contributed by atoms with E-state index in [4.69, 9.17) is 14.2 Å². The maximum absolute atomic E-state index is 14.5. The van der Waals surface area contributed by atoms with E-state index in [-0.39, 0.29) is 61.0 Å². The highest BCUT2D eigenvalue weighted by molar-refractivity contribution is 7.99. The average Bonchev–Trinajstić information content (AvgIpc) is 3.23. The number of anilines is 2. The Morgan fingerprint density at radius 1 is 1.27 bits per heavy atom. The molecule has 2 aliphatic rings. The minimum Gasteiger partial charge on any atom is -0.487 e. The molecule has 1 saturated heterocycles. The summed E-state index contributed by atoms with van der Waals surface area (Å²) in [5, 5.41) is 6.42. The zero-order chi connectivity index (χ0) is 26.2. The van der Waals surface area contributed by atoms with Crippen LogP contribution >= 0.6 is 11.8 Å². The largest absolute Gasteiger partial charge is 0.487 e. The van der Waals surface area contributed by atoms with Gasteiger partial charge >= 0.3 is 6.09 Å². The van der Waals surface area contributed by atoms with E-state index >= 15 is 0 Å². The van der Waals surface area contributed by atoms with Gasteiger partial charge in [0.05, 0.1) is 18.3 Å². The second-order valence-electron chi connectivity index (χ2n) is 8.36. The van der Waals surface area contributed by atoms with Crippen LogP contribution in [0.4, 0.5) is 20.8 Å². The summed E-state index contributed by atoms with van der Waals surface area (Å²) in [6.07, 6.45) is 2.58. The molecule has 2 N–H and O–H groups in total. The Kier molecular flexibility index (Phi) is 6.60. The SMILES string of the molecule is CS[C@]1(CNCCOc2c(F)ccc3ccc(=O)n(C)c23)CN(c2cnc3c(n2)NC(=O)CO3)C(=O)O1. The predicted molar refractivity (Wildman–Crippen MR) is 134 cm³/mol. The number of ether oxygens (including phenoxy) is 3. The molecule has 4 heterocycles. The van der Waals surface area contributed by atoms with Crippen LogP contribution in [0.25, 0.3) is 10.9 Å². The second kappa shape index (κ2) is 9.86. The Hall–Kier alpha value is -3.91. The first-order chi connectivity index (χ1) is 17.8. The number of nitrogens with one attached hydrogen (secondary N) is 2. The van der Waals surface area contributed by atoms with Crippen molar-refractivity contribution in [3.05, 3.63) is 46.6 Å². The lowest BCUT2D eigenvalue weighted by atomic mass is 10.2. The molecule has 2 aliphatic heterocycles. The van der Waals surface area contributed by atoms with Gasteiger partial charge in [-0.1, -0.05) is 0 Å². The lowest BCUT2D eigenvalue weighted by Gasteiger charge is -2.25. The van der Waals surface area contributed by atoms with E-state index in [1.165, 1.54) is 39.6 Å². The molecule has 0 aliphatic carbocycles. The van der Waals surface area contributed by atoms with Gasteiger partial charge in [-0.3, -0.25) is 14.5 Å². The number of benzene rings is 1. The van der Waals surface area contributed by atoms with Crippen LogP contribution in [0.15, 0.2) is 35.3 Å². The number of hydrogen-bond donors (Lipinski definition) is 2. The van der Waals surface area contributed by atoms with Crippen molar-refractivity contribution in [1.82, 2.24) is 19.9 Å². The van der Waals surface area contributed by atoms with Crippen molar-refractivity contribution in [2.75, 3.05) is 49.3 Å². The summed E-state index contributed by atoms with van der Waals surface area (Å²) in [5.74, 6) is -0.403. The first kappa shape index (κ1) is 24.8. The van der Waals surface area contributed by atoms with Gasteiger partial charge in [0.25, 0.3) is 17.3 Å². The van der Waals surface area contributed by atoms with Crippen LogP contribution in [0.5, 0.6) is 11.6 Å². The molecule has 1 atom stereocenters. The molecule has 14 heteroatoms. The summed E-state index contributed by atoms with van der Waals surface area (Å²) in [4.78, 5) is 45.1. The van der Waals surface area contributed by atoms with E-state index in [2.05, 4.69) is 20.6 Å². The highest BCUT2D eigenvalue weighted by Gasteiger charge is 2.46.